The molecule has 90 valence electrons. The van der Waals surface area contributed by atoms with Gasteiger partial charge in [0, 0.05) is 15.5 Å². The molecule has 4 rings (SSSR count). The van der Waals surface area contributed by atoms with Crippen molar-refractivity contribution >= 4 is 43.2 Å². The van der Waals surface area contributed by atoms with Crippen LogP contribution in [0.3, 0.4) is 0 Å². The standard InChI is InChI=1S/C14H9Br2NO/c15-9-1-2-12-11(6-9)17-4-3-8-5-10(16)7-13(18-12)14(8)17/h1-2,5-7H,3-4H2. The lowest BCUT2D eigenvalue weighted by atomic mass is 10.1. The van der Waals surface area contributed by atoms with Crippen LogP contribution in [0.4, 0.5) is 11.4 Å². The minimum atomic E-state index is 0.927. The molecule has 0 spiro atoms. The van der Waals surface area contributed by atoms with Gasteiger partial charge in [0.2, 0.25) is 0 Å². The second-order valence-electron chi connectivity index (χ2n) is 4.53. The summed E-state index contributed by atoms with van der Waals surface area (Å²) in [6.45, 7) is 1.02. The van der Waals surface area contributed by atoms with E-state index in [1.54, 1.807) is 0 Å². The van der Waals surface area contributed by atoms with Gasteiger partial charge in [-0.3, -0.25) is 0 Å². The number of hydrogen-bond donors (Lipinski definition) is 0. The third kappa shape index (κ3) is 1.45. The molecule has 0 bridgehead atoms. The van der Waals surface area contributed by atoms with E-state index in [2.05, 4.69) is 48.9 Å². The van der Waals surface area contributed by atoms with Crippen molar-refractivity contribution in [3.63, 3.8) is 0 Å². The van der Waals surface area contributed by atoms with E-state index in [4.69, 9.17) is 4.74 Å². The van der Waals surface area contributed by atoms with Crippen LogP contribution in [0.25, 0.3) is 0 Å². The summed E-state index contributed by atoms with van der Waals surface area (Å²) in [7, 11) is 0. The first-order chi connectivity index (χ1) is 8.72. The third-order valence-corrected chi connectivity index (χ3v) is 4.38. The highest BCUT2D eigenvalue weighted by atomic mass is 79.9. The lowest BCUT2D eigenvalue weighted by Crippen LogP contribution is -2.17. The molecule has 0 amide bonds. The van der Waals surface area contributed by atoms with E-state index < -0.39 is 0 Å². The second kappa shape index (κ2) is 3.75. The average Bonchev–Trinajstić information content (AvgIpc) is 2.75. The van der Waals surface area contributed by atoms with Gasteiger partial charge in [-0.1, -0.05) is 31.9 Å². The van der Waals surface area contributed by atoms with Crippen LogP contribution in [0.2, 0.25) is 0 Å². The van der Waals surface area contributed by atoms with Crippen molar-refractivity contribution in [1.29, 1.82) is 0 Å². The summed E-state index contributed by atoms with van der Waals surface area (Å²) in [6.07, 6.45) is 1.07. The van der Waals surface area contributed by atoms with Crippen molar-refractivity contribution in [2.75, 3.05) is 11.4 Å². The largest absolute Gasteiger partial charge is 0.453 e. The number of halogens is 2. The molecule has 2 aliphatic rings. The predicted octanol–water partition coefficient (Wildman–Crippen LogP) is 5.01. The topological polar surface area (TPSA) is 12.5 Å². The van der Waals surface area contributed by atoms with E-state index in [-0.39, 0.29) is 0 Å². The normalized spacial score (nSPS) is 15.1. The number of ether oxygens (including phenoxy) is 1. The SMILES string of the molecule is Brc1cc2c3c(c1)Oc1ccc(Br)cc1N3CC2. The Morgan fingerprint density at radius 3 is 2.78 bits per heavy atom. The molecule has 2 aromatic carbocycles. The summed E-state index contributed by atoms with van der Waals surface area (Å²) in [4.78, 5) is 2.35. The molecule has 18 heavy (non-hydrogen) atoms. The first-order valence-electron chi connectivity index (χ1n) is 5.80. The average molecular weight is 367 g/mol. The van der Waals surface area contributed by atoms with Crippen LogP contribution in [-0.2, 0) is 6.42 Å². The fourth-order valence-electron chi connectivity index (χ4n) is 2.69. The van der Waals surface area contributed by atoms with E-state index in [1.807, 2.05) is 18.2 Å². The number of nitrogens with zero attached hydrogens (tertiary/aromatic N) is 1. The molecule has 0 saturated carbocycles. The zero-order chi connectivity index (χ0) is 12.3. The summed E-state index contributed by atoms with van der Waals surface area (Å²) in [5, 5.41) is 0. The number of fused-ring (bicyclic) bond motifs is 2. The maximum atomic E-state index is 6.01. The lowest BCUT2D eigenvalue weighted by molar-refractivity contribution is 0.475. The molecule has 0 radical (unpaired) electrons. The minimum Gasteiger partial charge on any atom is -0.453 e. The summed E-state index contributed by atoms with van der Waals surface area (Å²) >= 11 is 7.07. The Hall–Kier alpha value is -1.00. The molecule has 0 aromatic heterocycles. The third-order valence-electron chi connectivity index (χ3n) is 3.43. The van der Waals surface area contributed by atoms with Crippen LogP contribution in [0.15, 0.2) is 39.3 Å². The van der Waals surface area contributed by atoms with Gasteiger partial charge in [-0.25, -0.2) is 0 Å². The van der Waals surface area contributed by atoms with E-state index in [9.17, 15) is 0 Å². The molecule has 0 fully saturated rings. The van der Waals surface area contributed by atoms with Gasteiger partial charge in [-0.2, -0.15) is 0 Å². The summed E-state index contributed by atoms with van der Waals surface area (Å²) in [5.74, 6) is 1.88. The molecule has 2 aliphatic heterocycles. The Labute approximate surface area is 122 Å². The van der Waals surface area contributed by atoms with E-state index in [0.29, 0.717) is 0 Å². The van der Waals surface area contributed by atoms with Gasteiger partial charge in [0.15, 0.2) is 11.5 Å². The molecule has 0 unspecified atom stereocenters. The number of hydrogen-bond acceptors (Lipinski definition) is 2. The van der Waals surface area contributed by atoms with E-state index in [0.717, 1.165) is 39.1 Å². The fourth-order valence-corrected chi connectivity index (χ4v) is 3.53. The van der Waals surface area contributed by atoms with Crippen molar-refractivity contribution < 1.29 is 4.74 Å². The second-order valence-corrected chi connectivity index (χ2v) is 6.36. The molecule has 0 atom stereocenters. The van der Waals surface area contributed by atoms with Gasteiger partial charge >= 0.3 is 0 Å². The summed E-state index contributed by atoms with van der Waals surface area (Å²) in [5.41, 5.74) is 3.73. The maximum Gasteiger partial charge on any atom is 0.152 e. The van der Waals surface area contributed by atoms with Gasteiger partial charge in [-0.15, -0.1) is 0 Å². The van der Waals surface area contributed by atoms with Crippen LogP contribution >= 0.6 is 31.9 Å². The van der Waals surface area contributed by atoms with E-state index >= 15 is 0 Å². The fraction of sp³-hybridized carbons (Fsp3) is 0.143. The highest BCUT2D eigenvalue weighted by molar-refractivity contribution is 9.10. The van der Waals surface area contributed by atoms with Gasteiger partial charge < -0.3 is 9.64 Å². The zero-order valence-electron chi connectivity index (χ0n) is 9.41. The quantitative estimate of drug-likeness (QED) is 0.649. The molecular weight excluding hydrogens is 358 g/mol. The van der Waals surface area contributed by atoms with Gasteiger partial charge in [0.1, 0.15) is 0 Å². The van der Waals surface area contributed by atoms with Crippen molar-refractivity contribution in [1.82, 2.24) is 0 Å². The lowest BCUT2D eigenvalue weighted by Gasteiger charge is -2.29. The molecule has 2 aromatic rings. The van der Waals surface area contributed by atoms with Crippen LogP contribution in [0.1, 0.15) is 5.56 Å². The van der Waals surface area contributed by atoms with Crippen molar-refractivity contribution in [2.45, 2.75) is 6.42 Å². The van der Waals surface area contributed by atoms with Crippen molar-refractivity contribution in [3.8, 4) is 11.5 Å². The molecular formula is C14H9Br2NO. The molecule has 4 heteroatoms. The molecule has 0 saturated heterocycles. The summed E-state index contributed by atoms with van der Waals surface area (Å²) < 4.78 is 8.18. The van der Waals surface area contributed by atoms with Crippen LogP contribution in [0, 0.1) is 0 Å². The Morgan fingerprint density at radius 2 is 1.89 bits per heavy atom. The van der Waals surface area contributed by atoms with Crippen molar-refractivity contribution in [2.24, 2.45) is 0 Å². The molecule has 2 heterocycles. The smallest absolute Gasteiger partial charge is 0.152 e. The van der Waals surface area contributed by atoms with Crippen LogP contribution in [0.5, 0.6) is 11.5 Å². The Morgan fingerprint density at radius 1 is 1.00 bits per heavy atom. The van der Waals surface area contributed by atoms with Crippen molar-refractivity contribution in [3.05, 3.63) is 44.8 Å². The Balaban J connectivity index is 1.98. The molecule has 0 N–H and O–H groups in total. The Bertz CT molecular complexity index is 669. The highest BCUT2D eigenvalue weighted by Crippen LogP contribution is 2.52. The number of benzene rings is 2. The number of anilines is 2. The van der Waals surface area contributed by atoms with E-state index in [1.165, 1.54) is 11.3 Å². The van der Waals surface area contributed by atoms with Crippen LogP contribution < -0.4 is 9.64 Å². The first-order valence-corrected chi connectivity index (χ1v) is 7.38. The predicted molar refractivity (Wildman–Crippen MR) is 79.1 cm³/mol. The first kappa shape index (κ1) is 10.9. The van der Waals surface area contributed by atoms with Gasteiger partial charge in [0.25, 0.3) is 0 Å². The maximum absolute atomic E-state index is 6.01. The highest BCUT2D eigenvalue weighted by Gasteiger charge is 2.31. The van der Waals surface area contributed by atoms with Gasteiger partial charge in [0.05, 0.1) is 11.4 Å². The molecule has 2 nitrogen and oxygen atoms in total. The zero-order valence-corrected chi connectivity index (χ0v) is 12.6. The molecule has 0 aliphatic carbocycles. The number of rotatable bonds is 0. The monoisotopic (exact) mass is 365 g/mol. The minimum absolute atomic E-state index is 0.927. The van der Waals surface area contributed by atoms with Crippen LogP contribution in [-0.4, -0.2) is 6.54 Å². The Kier molecular flexibility index (Phi) is 2.26. The van der Waals surface area contributed by atoms with Gasteiger partial charge in [-0.05, 0) is 42.3 Å². The summed E-state index contributed by atoms with van der Waals surface area (Å²) in [6, 6.07) is 10.4.